The summed E-state index contributed by atoms with van der Waals surface area (Å²) < 4.78 is 9.33. The first kappa shape index (κ1) is 31.9. The van der Waals surface area contributed by atoms with Crippen LogP contribution in [0.2, 0.25) is 0 Å². The zero-order valence-electron chi connectivity index (χ0n) is 31.3. The van der Waals surface area contributed by atoms with Crippen molar-refractivity contribution in [2.24, 2.45) is 0 Å². The Labute approximate surface area is 337 Å². The zero-order chi connectivity index (χ0) is 37.9. The Morgan fingerprint density at radius 2 is 0.828 bits per heavy atom. The Kier molecular flexibility index (Phi) is 6.66. The molecule has 0 radical (unpaired) electrons. The van der Waals surface area contributed by atoms with Crippen LogP contribution >= 0.6 is 11.3 Å². The number of rotatable bonds is 3. The minimum Gasteiger partial charge on any atom is -0.456 e. The lowest BCUT2D eigenvalue weighted by Crippen LogP contribution is -1.93. The van der Waals surface area contributed by atoms with E-state index >= 15 is 0 Å². The maximum absolute atomic E-state index is 6.73. The van der Waals surface area contributed by atoms with Crippen LogP contribution in [0.3, 0.4) is 0 Å². The Bertz CT molecular complexity index is 3800. The van der Waals surface area contributed by atoms with Gasteiger partial charge in [0.1, 0.15) is 11.2 Å². The highest BCUT2D eigenvalue weighted by atomic mass is 32.1. The van der Waals surface area contributed by atoms with Crippen molar-refractivity contribution in [3.63, 3.8) is 0 Å². The lowest BCUT2D eigenvalue weighted by atomic mass is 9.83. The van der Waals surface area contributed by atoms with E-state index in [4.69, 9.17) is 4.42 Å². The first-order valence-corrected chi connectivity index (χ1v) is 20.7. The Morgan fingerprint density at radius 1 is 0.293 bits per heavy atom. The van der Waals surface area contributed by atoms with Crippen molar-refractivity contribution in [1.29, 1.82) is 0 Å². The summed E-state index contributed by atoms with van der Waals surface area (Å²) in [5.74, 6) is 0. The molecule has 268 valence electrons. The molecule has 0 spiro atoms. The summed E-state index contributed by atoms with van der Waals surface area (Å²) in [6.45, 7) is 0. The van der Waals surface area contributed by atoms with E-state index in [2.05, 4.69) is 194 Å². The topological polar surface area (TPSA) is 13.1 Å². The van der Waals surface area contributed by atoms with Crippen molar-refractivity contribution in [2.45, 2.75) is 0 Å². The molecule has 2 aromatic heterocycles. The molecule has 0 saturated heterocycles. The molecule has 0 fully saturated rings. The highest BCUT2D eigenvalue weighted by molar-refractivity contribution is 7.26. The van der Waals surface area contributed by atoms with Crippen molar-refractivity contribution in [3.05, 3.63) is 194 Å². The number of hydrogen-bond donors (Lipinski definition) is 0. The van der Waals surface area contributed by atoms with Crippen LogP contribution in [-0.4, -0.2) is 0 Å². The third kappa shape index (κ3) is 4.52. The minimum atomic E-state index is 0.911. The Hall–Kier alpha value is -7.26. The van der Waals surface area contributed by atoms with Gasteiger partial charge in [0.25, 0.3) is 0 Å². The van der Waals surface area contributed by atoms with E-state index in [1.54, 1.807) is 0 Å². The van der Waals surface area contributed by atoms with Crippen LogP contribution in [0, 0.1) is 0 Å². The summed E-state index contributed by atoms with van der Waals surface area (Å²) in [7, 11) is 0. The van der Waals surface area contributed by atoms with Crippen molar-refractivity contribution in [3.8, 4) is 33.4 Å². The SMILES string of the molecule is c1ccc2c(-c3c4ccccc4c(-c4ccc(-c5ccc6c(c5)oc5cc7c(cc56)sc5ccc6ccccc6c57)c5ccccc45)c4ccccc34)cccc2c1. The van der Waals surface area contributed by atoms with Crippen molar-refractivity contribution in [1.82, 2.24) is 0 Å². The summed E-state index contributed by atoms with van der Waals surface area (Å²) in [6.07, 6.45) is 0. The highest BCUT2D eigenvalue weighted by Crippen LogP contribution is 2.48. The molecule has 58 heavy (non-hydrogen) atoms. The normalized spacial score (nSPS) is 12.1. The van der Waals surface area contributed by atoms with Gasteiger partial charge in [0.05, 0.1) is 0 Å². The number of fused-ring (bicyclic) bond motifs is 12. The maximum atomic E-state index is 6.73. The van der Waals surface area contributed by atoms with Gasteiger partial charge in [0.2, 0.25) is 0 Å². The molecule has 11 aromatic carbocycles. The smallest absolute Gasteiger partial charge is 0.136 e. The predicted octanol–water partition coefficient (Wildman–Crippen LogP) is 16.7. The molecular weight excluding hydrogens is 721 g/mol. The molecule has 0 N–H and O–H groups in total. The summed E-state index contributed by atoms with van der Waals surface area (Å²) in [4.78, 5) is 0. The second kappa shape index (κ2) is 12.1. The monoisotopic (exact) mass is 752 g/mol. The molecule has 13 rings (SSSR count). The zero-order valence-corrected chi connectivity index (χ0v) is 32.1. The quantitative estimate of drug-likeness (QED) is 0.164. The lowest BCUT2D eigenvalue weighted by molar-refractivity contribution is 0.669. The van der Waals surface area contributed by atoms with E-state index in [-0.39, 0.29) is 0 Å². The van der Waals surface area contributed by atoms with E-state index in [1.165, 1.54) is 102 Å². The molecule has 2 heterocycles. The van der Waals surface area contributed by atoms with Gasteiger partial charge in [0, 0.05) is 30.9 Å². The van der Waals surface area contributed by atoms with E-state index in [0.717, 1.165) is 27.5 Å². The first-order valence-electron chi connectivity index (χ1n) is 19.9. The lowest BCUT2D eigenvalue weighted by Gasteiger charge is -2.20. The van der Waals surface area contributed by atoms with Crippen LogP contribution in [0.25, 0.3) is 129 Å². The highest BCUT2D eigenvalue weighted by Gasteiger charge is 2.21. The second-order valence-electron chi connectivity index (χ2n) is 15.5. The van der Waals surface area contributed by atoms with Gasteiger partial charge in [-0.25, -0.2) is 0 Å². The predicted molar refractivity (Wildman–Crippen MR) is 250 cm³/mol. The third-order valence-electron chi connectivity index (χ3n) is 12.4. The maximum Gasteiger partial charge on any atom is 0.136 e. The molecule has 0 unspecified atom stereocenters. The van der Waals surface area contributed by atoms with Crippen LogP contribution in [0.5, 0.6) is 0 Å². The van der Waals surface area contributed by atoms with E-state index < -0.39 is 0 Å². The summed E-state index contributed by atoms with van der Waals surface area (Å²) in [6, 6.07) is 71.4. The largest absolute Gasteiger partial charge is 0.456 e. The Balaban J connectivity index is 1.01. The molecule has 0 atom stereocenters. The fourth-order valence-corrected chi connectivity index (χ4v) is 11.0. The van der Waals surface area contributed by atoms with Gasteiger partial charge in [0.15, 0.2) is 0 Å². The third-order valence-corrected chi connectivity index (χ3v) is 13.6. The molecule has 2 heteroatoms. The van der Waals surface area contributed by atoms with E-state index in [9.17, 15) is 0 Å². The van der Waals surface area contributed by atoms with Crippen LogP contribution in [0.4, 0.5) is 0 Å². The molecule has 0 saturated carbocycles. The van der Waals surface area contributed by atoms with Crippen molar-refractivity contribution < 1.29 is 4.42 Å². The van der Waals surface area contributed by atoms with E-state index in [0.29, 0.717) is 0 Å². The van der Waals surface area contributed by atoms with Crippen molar-refractivity contribution >= 4 is 107 Å². The second-order valence-corrected chi connectivity index (χ2v) is 16.6. The number of hydrogen-bond acceptors (Lipinski definition) is 2. The molecule has 0 bridgehead atoms. The molecular formula is C56H32OS. The molecule has 0 aliphatic heterocycles. The number of benzene rings is 11. The summed E-state index contributed by atoms with van der Waals surface area (Å²) in [5, 5.41) is 17.5. The van der Waals surface area contributed by atoms with Gasteiger partial charge in [-0.2, -0.15) is 0 Å². The van der Waals surface area contributed by atoms with Gasteiger partial charge in [-0.15, -0.1) is 11.3 Å². The molecule has 13 aromatic rings. The van der Waals surface area contributed by atoms with Crippen LogP contribution in [-0.2, 0) is 0 Å². The molecule has 0 aliphatic carbocycles. The minimum absolute atomic E-state index is 0.911. The first-order chi connectivity index (χ1) is 28.8. The van der Waals surface area contributed by atoms with Crippen LogP contribution in [0.1, 0.15) is 0 Å². The van der Waals surface area contributed by atoms with Crippen LogP contribution in [0.15, 0.2) is 199 Å². The fraction of sp³-hybridized carbons (Fsp3) is 0. The van der Waals surface area contributed by atoms with Crippen molar-refractivity contribution in [2.75, 3.05) is 0 Å². The fourth-order valence-electron chi connectivity index (χ4n) is 9.90. The standard InChI is InChI=1S/C56H32OS/c1-3-15-36-33(12-1)14-11-23-42(36)54-43-19-7-9-21-45(43)55(46-22-10-8-20-44(46)54)47-28-27-37(39-17-5-6-18-40(39)47)35-24-26-41-48-32-53-49(31-51(48)57-50(41)30-35)56-38-16-4-2-13-34(38)25-29-52(56)58-53/h1-32H. The molecule has 1 nitrogen and oxygen atoms in total. The molecule has 0 aliphatic rings. The van der Waals surface area contributed by atoms with E-state index in [1.807, 2.05) is 11.3 Å². The van der Waals surface area contributed by atoms with Gasteiger partial charge in [-0.05, 0) is 118 Å². The average Bonchev–Trinajstić information content (AvgIpc) is 3.84. The van der Waals surface area contributed by atoms with Gasteiger partial charge >= 0.3 is 0 Å². The van der Waals surface area contributed by atoms with Gasteiger partial charge in [-0.1, -0.05) is 164 Å². The average molecular weight is 753 g/mol. The summed E-state index contributed by atoms with van der Waals surface area (Å²) in [5.41, 5.74) is 9.24. The van der Waals surface area contributed by atoms with Gasteiger partial charge < -0.3 is 4.42 Å². The number of thiophene rings is 1. The number of furan rings is 1. The molecule has 0 amide bonds. The Morgan fingerprint density at radius 3 is 1.53 bits per heavy atom. The van der Waals surface area contributed by atoms with Gasteiger partial charge in [-0.3, -0.25) is 0 Å². The summed E-state index contributed by atoms with van der Waals surface area (Å²) >= 11 is 1.86. The van der Waals surface area contributed by atoms with Crippen LogP contribution < -0.4 is 0 Å².